The topological polar surface area (TPSA) is 108 Å². The number of H-pyrrole nitrogens is 1. The number of hydrogen-bond donors (Lipinski definition) is 3. The highest BCUT2D eigenvalue weighted by Gasteiger charge is 2.09. The molecular formula is C17H14N4O3. The van der Waals surface area contributed by atoms with Gasteiger partial charge >= 0.3 is 5.97 Å². The molecule has 0 saturated carbocycles. The molecule has 24 heavy (non-hydrogen) atoms. The molecule has 3 aromatic rings. The van der Waals surface area contributed by atoms with Gasteiger partial charge in [0.2, 0.25) is 0 Å². The molecule has 7 nitrogen and oxygen atoms in total. The summed E-state index contributed by atoms with van der Waals surface area (Å²) < 4.78 is 0. The molecule has 0 saturated heterocycles. The van der Waals surface area contributed by atoms with Crippen molar-refractivity contribution >= 4 is 11.9 Å². The quantitative estimate of drug-likeness (QED) is 0.666. The van der Waals surface area contributed by atoms with Crippen LogP contribution in [0.4, 0.5) is 0 Å². The maximum Gasteiger partial charge on any atom is 0.335 e. The van der Waals surface area contributed by atoms with Gasteiger partial charge in [0.1, 0.15) is 6.33 Å². The third-order valence-electron chi connectivity index (χ3n) is 3.44. The Kier molecular flexibility index (Phi) is 4.33. The van der Waals surface area contributed by atoms with Crippen LogP contribution in [-0.4, -0.2) is 32.2 Å². The maximum absolute atomic E-state index is 12.2. The van der Waals surface area contributed by atoms with Gasteiger partial charge in [0.25, 0.3) is 5.91 Å². The van der Waals surface area contributed by atoms with E-state index in [9.17, 15) is 9.59 Å². The number of aromatic carboxylic acids is 1. The fourth-order valence-electron chi connectivity index (χ4n) is 2.25. The van der Waals surface area contributed by atoms with Crippen LogP contribution in [0.2, 0.25) is 0 Å². The molecule has 0 radical (unpaired) electrons. The number of carboxylic acids is 1. The molecule has 3 rings (SSSR count). The summed E-state index contributed by atoms with van der Waals surface area (Å²) in [6.07, 6.45) is 1.43. The van der Waals surface area contributed by atoms with Crippen molar-refractivity contribution in [3.8, 4) is 11.4 Å². The number of hydrogen-bond acceptors (Lipinski definition) is 4. The molecule has 120 valence electrons. The highest BCUT2D eigenvalue weighted by Crippen LogP contribution is 2.15. The lowest BCUT2D eigenvalue weighted by molar-refractivity contribution is 0.0697. The van der Waals surface area contributed by atoms with E-state index in [1.165, 1.54) is 18.5 Å². The fraction of sp³-hybridized carbons (Fsp3) is 0.0588. The molecule has 2 aromatic carbocycles. The molecule has 1 amide bonds. The number of aromatic amines is 1. The number of aromatic nitrogens is 3. The summed E-state index contributed by atoms with van der Waals surface area (Å²) in [5, 5.41) is 18.3. The average molecular weight is 322 g/mol. The van der Waals surface area contributed by atoms with Crippen LogP contribution in [0.3, 0.4) is 0 Å². The number of amides is 1. The average Bonchev–Trinajstić information content (AvgIpc) is 3.15. The van der Waals surface area contributed by atoms with Crippen LogP contribution >= 0.6 is 0 Å². The second-order valence-corrected chi connectivity index (χ2v) is 5.10. The Morgan fingerprint density at radius 1 is 1.08 bits per heavy atom. The Bertz CT molecular complexity index is 875. The van der Waals surface area contributed by atoms with E-state index < -0.39 is 5.97 Å². The Balaban J connectivity index is 1.69. The van der Waals surface area contributed by atoms with Gasteiger partial charge in [-0.1, -0.05) is 24.3 Å². The van der Waals surface area contributed by atoms with E-state index in [0.717, 1.165) is 11.1 Å². The summed E-state index contributed by atoms with van der Waals surface area (Å²) in [4.78, 5) is 27.2. The van der Waals surface area contributed by atoms with E-state index in [1.807, 2.05) is 24.3 Å². The smallest absolute Gasteiger partial charge is 0.335 e. The normalized spacial score (nSPS) is 10.3. The molecular weight excluding hydrogens is 308 g/mol. The monoisotopic (exact) mass is 322 g/mol. The molecule has 0 bridgehead atoms. The molecule has 3 N–H and O–H groups in total. The van der Waals surface area contributed by atoms with Crippen molar-refractivity contribution in [2.45, 2.75) is 6.54 Å². The van der Waals surface area contributed by atoms with Crippen LogP contribution in [-0.2, 0) is 6.54 Å². The standard InChI is InChI=1S/C17H14N4O3/c22-16(13-5-2-6-14(8-13)17(23)24)18-9-11-3-1-4-12(7-11)15-19-10-20-21-15/h1-8,10H,9H2,(H,18,22)(H,23,24)(H,19,20,21). The first-order valence-corrected chi connectivity index (χ1v) is 7.20. The lowest BCUT2D eigenvalue weighted by atomic mass is 10.1. The highest BCUT2D eigenvalue weighted by atomic mass is 16.4. The first-order chi connectivity index (χ1) is 11.6. The molecule has 7 heteroatoms. The van der Waals surface area contributed by atoms with Crippen LogP contribution in [0.1, 0.15) is 26.3 Å². The number of carbonyl (C=O) groups is 2. The van der Waals surface area contributed by atoms with E-state index in [4.69, 9.17) is 5.11 Å². The van der Waals surface area contributed by atoms with Crippen molar-refractivity contribution in [1.82, 2.24) is 20.5 Å². The van der Waals surface area contributed by atoms with Crippen LogP contribution < -0.4 is 5.32 Å². The van der Waals surface area contributed by atoms with E-state index in [2.05, 4.69) is 20.5 Å². The van der Waals surface area contributed by atoms with E-state index in [0.29, 0.717) is 17.9 Å². The summed E-state index contributed by atoms with van der Waals surface area (Å²) in [6, 6.07) is 13.5. The number of carboxylic acid groups (broad SMARTS) is 1. The van der Waals surface area contributed by atoms with Gasteiger partial charge in [0, 0.05) is 17.7 Å². The minimum absolute atomic E-state index is 0.0787. The second-order valence-electron chi connectivity index (χ2n) is 5.10. The van der Waals surface area contributed by atoms with E-state index in [-0.39, 0.29) is 11.5 Å². The molecule has 0 aliphatic carbocycles. The summed E-state index contributed by atoms with van der Waals surface area (Å²) in [5.41, 5.74) is 2.15. The number of nitrogens with zero attached hydrogens (tertiary/aromatic N) is 2. The number of rotatable bonds is 5. The summed E-state index contributed by atoms with van der Waals surface area (Å²) in [7, 11) is 0. The van der Waals surface area contributed by atoms with Crippen LogP contribution in [0.25, 0.3) is 11.4 Å². The molecule has 0 aliphatic rings. The second kappa shape index (κ2) is 6.74. The summed E-state index contributed by atoms with van der Waals surface area (Å²) in [5.74, 6) is -0.745. The minimum Gasteiger partial charge on any atom is -0.478 e. The molecule has 0 atom stereocenters. The molecule has 0 spiro atoms. The van der Waals surface area contributed by atoms with Crippen molar-refractivity contribution < 1.29 is 14.7 Å². The zero-order valence-electron chi connectivity index (χ0n) is 12.6. The number of benzene rings is 2. The first-order valence-electron chi connectivity index (χ1n) is 7.20. The maximum atomic E-state index is 12.2. The predicted molar refractivity (Wildman–Crippen MR) is 86.4 cm³/mol. The fourth-order valence-corrected chi connectivity index (χ4v) is 2.25. The first kappa shape index (κ1) is 15.4. The van der Waals surface area contributed by atoms with Crippen LogP contribution in [0.15, 0.2) is 54.9 Å². The zero-order chi connectivity index (χ0) is 16.9. The van der Waals surface area contributed by atoms with Gasteiger partial charge in [-0.15, -0.1) is 0 Å². The van der Waals surface area contributed by atoms with Crippen molar-refractivity contribution in [3.05, 3.63) is 71.5 Å². The van der Waals surface area contributed by atoms with Crippen molar-refractivity contribution in [2.24, 2.45) is 0 Å². The van der Waals surface area contributed by atoms with Crippen molar-refractivity contribution in [1.29, 1.82) is 0 Å². The lowest BCUT2D eigenvalue weighted by Crippen LogP contribution is -2.23. The molecule has 0 fully saturated rings. The van der Waals surface area contributed by atoms with Crippen molar-refractivity contribution in [3.63, 3.8) is 0 Å². The van der Waals surface area contributed by atoms with Gasteiger partial charge in [-0.2, -0.15) is 5.10 Å². The van der Waals surface area contributed by atoms with Crippen LogP contribution in [0.5, 0.6) is 0 Å². The largest absolute Gasteiger partial charge is 0.478 e. The predicted octanol–water partition coefficient (Wildman–Crippen LogP) is 2.10. The zero-order valence-corrected chi connectivity index (χ0v) is 12.6. The lowest BCUT2D eigenvalue weighted by Gasteiger charge is -2.07. The van der Waals surface area contributed by atoms with Gasteiger partial charge in [-0.05, 0) is 29.8 Å². The Morgan fingerprint density at radius 3 is 2.62 bits per heavy atom. The van der Waals surface area contributed by atoms with Gasteiger partial charge < -0.3 is 10.4 Å². The van der Waals surface area contributed by atoms with Gasteiger partial charge in [-0.3, -0.25) is 9.89 Å². The minimum atomic E-state index is -1.07. The molecule has 1 aromatic heterocycles. The Morgan fingerprint density at radius 2 is 1.88 bits per heavy atom. The van der Waals surface area contributed by atoms with Gasteiger partial charge in [0.05, 0.1) is 5.56 Å². The molecule has 1 heterocycles. The summed E-state index contributed by atoms with van der Waals surface area (Å²) >= 11 is 0. The van der Waals surface area contributed by atoms with Gasteiger partial charge in [0.15, 0.2) is 5.82 Å². The molecule has 0 aliphatic heterocycles. The molecule has 0 unspecified atom stereocenters. The summed E-state index contributed by atoms with van der Waals surface area (Å²) in [6.45, 7) is 0.318. The number of nitrogens with one attached hydrogen (secondary N) is 2. The highest BCUT2D eigenvalue weighted by molar-refractivity contribution is 5.97. The van der Waals surface area contributed by atoms with E-state index in [1.54, 1.807) is 12.1 Å². The van der Waals surface area contributed by atoms with E-state index >= 15 is 0 Å². The third kappa shape index (κ3) is 3.46. The third-order valence-corrected chi connectivity index (χ3v) is 3.44. The van der Waals surface area contributed by atoms with Crippen molar-refractivity contribution in [2.75, 3.05) is 0 Å². The number of carbonyl (C=O) groups excluding carboxylic acids is 1. The SMILES string of the molecule is O=C(O)c1cccc(C(=O)NCc2cccc(-c3ncn[nH]3)c2)c1. The Hall–Kier alpha value is -3.48. The van der Waals surface area contributed by atoms with Gasteiger partial charge in [-0.25, -0.2) is 9.78 Å². The Labute approximate surface area is 137 Å². The van der Waals surface area contributed by atoms with Crippen LogP contribution in [0, 0.1) is 0 Å².